The van der Waals surface area contributed by atoms with Gasteiger partial charge in [0.05, 0.1) is 0 Å². The molecule has 4 heteroatoms. The highest BCUT2D eigenvalue weighted by molar-refractivity contribution is 5.80. The second kappa shape index (κ2) is 7.07. The van der Waals surface area contributed by atoms with Gasteiger partial charge in [0.1, 0.15) is 5.75 Å². The molecule has 0 aliphatic carbocycles. The van der Waals surface area contributed by atoms with Gasteiger partial charge < -0.3 is 10.1 Å². The number of pyridine rings is 1. The minimum absolute atomic E-state index is 0.137. The highest BCUT2D eigenvalue weighted by atomic mass is 16.5. The summed E-state index contributed by atoms with van der Waals surface area (Å²) in [6, 6.07) is 7.84. The van der Waals surface area contributed by atoms with Crippen molar-refractivity contribution in [3.63, 3.8) is 0 Å². The van der Waals surface area contributed by atoms with E-state index < -0.39 is 6.10 Å². The number of carbonyl (C=O) groups excluding carboxylic acids is 1. The standard InChI is InChI=1S/C18H22N2O2/c1-12-8-13(2)14(3)17(9-12)22-15(4)18(21)20-11-16-6-5-7-19-10-16/h5-10,15H,11H2,1-4H3,(H,20,21)/t15-/m1/s1. The number of ether oxygens (including phenoxy) is 1. The number of aromatic nitrogens is 1. The number of hydrogen-bond acceptors (Lipinski definition) is 3. The third-order valence-electron chi connectivity index (χ3n) is 3.63. The van der Waals surface area contributed by atoms with E-state index in [1.54, 1.807) is 19.3 Å². The predicted octanol–water partition coefficient (Wildman–Crippen LogP) is 3.09. The molecule has 0 aliphatic heterocycles. The molecule has 0 bridgehead atoms. The predicted molar refractivity (Wildman–Crippen MR) is 86.8 cm³/mol. The molecular weight excluding hydrogens is 276 g/mol. The molecule has 0 saturated heterocycles. The number of nitrogens with zero attached hydrogens (tertiary/aromatic N) is 1. The van der Waals surface area contributed by atoms with Crippen LogP contribution >= 0.6 is 0 Å². The fourth-order valence-corrected chi connectivity index (χ4v) is 2.20. The van der Waals surface area contributed by atoms with Crippen molar-refractivity contribution in [3.05, 3.63) is 58.9 Å². The zero-order chi connectivity index (χ0) is 16.1. The first-order valence-electron chi connectivity index (χ1n) is 7.38. The SMILES string of the molecule is Cc1cc(C)c(C)c(O[C@H](C)C(=O)NCc2cccnc2)c1. The molecule has 1 heterocycles. The molecule has 1 N–H and O–H groups in total. The van der Waals surface area contributed by atoms with Crippen LogP contribution in [0.15, 0.2) is 36.7 Å². The van der Waals surface area contributed by atoms with Crippen molar-refractivity contribution in [2.75, 3.05) is 0 Å². The van der Waals surface area contributed by atoms with Crippen LogP contribution in [0, 0.1) is 20.8 Å². The van der Waals surface area contributed by atoms with Crippen molar-refractivity contribution in [2.24, 2.45) is 0 Å². The van der Waals surface area contributed by atoms with Gasteiger partial charge in [-0.2, -0.15) is 0 Å². The van der Waals surface area contributed by atoms with Crippen LogP contribution in [0.1, 0.15) is 29.2 Å². The van der Waals surface area contributed by atoms with Crippen LogP contribution in [-0.2, 0) is 11.3 Å². The summed E-state index contributed by atoms with van der Waals surface area (Å²) in [5.74, 6) is 0.629. The molecule has 116 valence electrons. The summed E-state index contributed by atoms with van der Waals surface area (Å²) in [6.07, 6.45) is 2.90. The number of nitrogens with one attached hydrogen (secondary N) is 1. The highest BCUT2D eigenvalue weighted by Crippen LogP contribution is 2.24. The van der Waals surface area contributed by atoms with Gasteiger partial charge >= 0.3 is 0 Å². The first-order chi connectivity index (χ1) is 10.5. The quantitative estimate of drug-likeness (QED) is 0.923. The fraction of sp³-hybridized carbons (Fsp3) is 0.333. The van der Waals surface area contributed by atoms with Crippen LogP contribution in [0.25, 0.3) is 0 Å². The maximum absolute atomic E-state index is 12.1. The minimum atomic E-state index is -0.545. The van der Waals surface area contributed by atoms with Gasteiger partial charge in [-0.15, -0.1) is 0 Å². The van der Waals surface area contributed by atoms with Crippen LogP contribution < -0.4 is 10.1 Å². The minimum Gasteiger partial charge on any atom is -0.481 e. The van der Waals surface area contributed by atoms with Crippen molar-refractivity contribution in [3.8, 4) is 5.75 Å². The van der Waals surface area contributed by atoms with Crippen LogP contribution in [-0.4, -0.2) is 17.0 Å². The van der Waals surface area contributed by atoms with E-state index in [9.17, 15) is 4.79 Å². The van der Waals surface area contributed by atoms with E-state index in [4.69, 9.17) is 4.74 Å². The molecule has 4 nitrogen and oxygen atoms in total. The molecule has 1 amide bonds. The number of hydrogen-bond donors (Lipinski definition) is 1. The summed E-state index contributed by atoms with van der Waals surface area (Å²) in [6.45, 7) is 8.28. The molecule has 0 unspecified atom stereocenters. The van der Waals surface area contributed by atoms with E-state index >= 15 is 0 Å². The van der Waals surface area contributed by atoms with Gasteiger partial charge in [0.2, 0.25) is 0 Å². The highest BCUT2D eigenvalue weighted by Gasteiger charge is 2.16. The first kappa shape index (κ1) is 16.0. The molecule has 2 aromatic rings. The Morgan fingerprint density at radius 3 is 2.77 bits per heavy atom. The van der Waals surface area contributed by atoms with Crippen LogP contribution in [0.5, 0.6) is 5.75 Å². The summed E-state index contributed by atoms with van der Waals surface area (Å²) in [7, 11) is 0. The Kier molecular flexibility index (Phi) is 5.15. The molecule has 0 saturated carbocycles. The van der Waals surface area contributed by atoms with Crippen molar-refractivity contribution >= 4 is 5.91 Å². The Hall–Kier alpha value is -2.36. The summed E-state index contributed by atoms with van der Waals surface area (Å²) < 4.78 is 5.83. The average Bonchev–Trinajstić information content (AvgIpc) is 2.50. The van der Waals surface area contributed by atoms with Crippen LogP contribution in [0.3, 0.4) is 0 Å². The monoisotopic (exact) mass is 298 g/mol. The number of benzene rings is 1. The van der Waals surface area contributed by atoms with Gasteiger partial charge in [0, 0.05) is 18.9 Å². The number of amides is 1. The molecule has 0 spiro atoms. The van der Waals surface area contributed by atoms with Gasteiger partial charge in [-0.25, -0.2) is 0 Å². The smallest absolute Gasteiger partial charge is 0.261 e. The molecule has 1 aromatic heterocycles. The van der Waals surface area contributed by atoms with Crippen molar-refractivity contribution in [2.45, 2.75) is 40.3 Å². The summed E-state index contributed by atoms with van der Waals surface area (Å²) >= 11 is 0. The third-order valence-corrected chi connectivity index (χ3v) is 3.63. The third kappa shape index (κ3) is 4.07. The largest absolute Gasteiger partial charge is 0.481 e. The van der Waals surface area contributed by atoms with Gasteiger partial charge in [-0.3, -0.25) is 9.78 Å². The second-order valence-corrected chi connectivity index (χ2v) is 5.54. The van der Waals surface area contributed by atoms with E-state index in [0.29, 0.717) is 6.54 Å². The van der Waals surface area contributed by atoms with Gasteiger partial charge in [0.25, 0.3) is 5.91 Å². The lowest BCUT2D eigenvalue weighted by molar-refractivity contribution is -0.127. The molecule has 1 atom stereocenters. The molecule has 0 aliphatic rings. The summed E-state index contributed by atoms with van der Waals surface area (Å²) in [4.78, 5) is 16.2. The van der Waals surface area contributed by atoms with E-state index in [0.717, 1.165) is 28.0 Å². The van der Waals surface area contributed by atoms with Crippen molar-refractivity contribution < 1.29 is 9.53 Å². The molecular formula is C18H22N2O2. The Morgan fingerprint density at radius 1 is 1.32 bits per heavy atom. The number of aryl methyl sites for hydroxylation is 2. The van der Waals surface area contributed by atoms with Gasteiger partial charge in [-0.05, 0) is 62.1 Å². The summed E-state index contributed by atoms with van der Waals surface area (Å²) in [5.41, 5.74) is 4.32. The lowest BCUT2D eigenvalue weighted by atomic mass is 10.1. The maximum atomic E-state index is 12.1. The Bertz CT molecular complexity index is 654. The van der Waals surface area contributed by atoms with E-state index in [2.05, 4.69) is 16.4 Å². The Balaban J connectivity index is 1.97. The number of rotatable bonds is 5. The van der Waals surface area contributed by atoms with Gasteiger partial charge in [0.15, 0.2) is 6.10 Å². The molecule has 0 fully saturated rings. The Labute approximate surface area is 131 Å². The van der Waals surface area contributed by atoms with Crippen molar-refractivity contribution in [1.29, 1.82) is 0 Å². The normalized spacial score (nSPS) is 11.8. The zero-order valence-corrected chi connectivity index (χ0v) is 13.5. The van der Waals surface area contributed by atoms with Crippen molar-refractivity contribution in [1.82, 2.24) is 10.3 Å². The first-order valence-corrected chi connectivity index (χ1v) is 7.38. The average molecular weight is 298 g/mol. The molecule has 0 radical (unpaired) electrons. The van der Waals surface area contributed by atoms with Gasteiger partial charge in [-0.1, -0.05) is 12.1 Å². The second-order valence-electron chi connectivity index (χ2n) is 5.54. The summed E-state index contributed by atoms with van der Waals surface area (Å²) in [5, 5.41) is 2.86. The van der Waals surface area contributed by atoms with E-state index in [1.165, 1.54) is 0 Å². The molecule has 2 rings (SSSR count). The molecule has 1 aromatic carbocycles. The lowest BCUT2D eigenvalue weighted by Gasteiger charge is -2.18. The zero-order valence-electron chi connectivity index (χ0n) is 13.5. The van der Waals surface area contributed by atoms with Crippen LogP contribution in [0.2, 0.25) is 0 Å². The fourth-order valence-electron chi connectivity index (χ4n) is 2.20. The number of carbonyl (C=O) groups is 1. The molecule has 22 heavy (non-hydrogen) atoms. The lowest BCUT2D eigenvalue weighted by Crippen LogP contribution is -2.36. The maximum Gasteiger partial charge on any atom is 0.261 e. The van der Waals surface area contributed by atoms with E-state index in [1.807, 2.05) is 39.0 Å². The van der Waals surface area contributed by atoms with E-state index in [-0.39, 0.29) is 5.91 Å². The van der Waals surface area contributed by atoms with Crippen LogP contribution in [0.4, 0.5) is 0 Å². The topological polar surface area (TPSA) is 51.2 Å². The Morgan fingerprint density at radius 2 is 2.09 bits per heavy atom.